The number of nitrogens with zero attached hydrogens (tertiary/aromatic N) is 1. The Morgan fingerprint density at radius 3 is 2.07 bits per heavy atom. The monoisotopic (exact) mass is 367 g/mol. The summed E-state index contributed by atoms with van der Waals surface area (Å²) < 4.78 is 27.2. The second-order valence-corrected chi connectivity index (χ2v) is 5.67. The number of hydrogen-bond donors (Lipinski definition) is 2. The zero-order valence-corrected chi connectivity index (χ0v) is 14.1. The van der Waals surface area contributed by atoms with Crippen LogP contribution in [0.4, 0.5) is 14.5 Å². The number of anilines is 1. The van der Waals surface area contributed by atoms with E-state index in [1.165, 1.54) is 30.3 Å². The summed E-state index contributed by atoms with van der Waals surface area (Å²) in [4.78, 5) is 28.3. The zero-order valence-electron chi connectivity index (χ0n) is 14.1. The van der Waals surface area contributed by atoms with Gasteiger partial charge in [-0.05, 0) is 48.0 Å². The summed E-state index contributed by atoms with van der Waals surface area (Å²) in [7, 11) is 0. The van der Waals surface area contributed by atoms with Crippen molar-refractivity contribution in [1.82, 2.24) is 10.3 Å². The molecule has 136 valence electrons. The quantitative estimate of drug-likeness (QED) is 0.725. The number of rotatable bonds is 5. The van der Waals surface area contributed by atoms with E-state index in [9.17, 15) is 18.4 Å². The number of pyridine rings is 1. The molecule has 2 amide bonds. The Bertz CT molecular complexity index is 940. The molecule has 0 aliphatic heterocycles. The van der Waals surface area contributed by atoms with E-state index in [1.54, 1.807) is 18.5 Å². The van der Waals surface area contributed by atoms with Gasteiger partial charge in [0.05, 0.1) is 0 Å². The van der Waals surface area contributed by atoms with Crippen molar-refractivity contribution in [1.29, 1.82) is 0 Å². The fourth-order valence-electron chi connectivity index (χ4n) is 2.36. The molecule has 0 bridgehead atoms. The van der Waals surface area contributed by atoms with Gasteiger partial charge in [-0.3, -0.25) is 14.6 Å². The van der Waals surface area contributed by atoms with Crippen LogP contribution in [0.1, 0.15) is 26.3 Å². The summed E-state index contributed by atoms with van der Waals surface area (Å²) in [6, 6.07) is 12.7. The first kappa shape index (κ1) is 18.2. The van der Waals surface area contributed by atoms with Gasteiger partial charge in [0, 0.05) is 30.1 Å². The third kappa shape index (κ3) is 4.52. The van der Waals surface area contributed by atoms with Gasteiger partial charge < -0.3 is 10.6 Å². The summed E-state index contributed by atoms with van der Waals surface area (Å²) in [6.07, 6.45) is 3.29. The maximum atomic E-state index is 13.6. The van der Waals surface area contributed by atoms with Crippen molar-refractivity contribution in [2.75, 3.05) is 5.32 Å². The van der Waals surface area contributed by atoms with Gasteiger partial charge in [0.15, 0.2) is 0 Å². The van der Waals surface area contributed by atoms with E-state index in [-0.39, 0.29) is 11.5 Å². The molecule has 3 rings (SSSR count). The van der Waals surface area contributed by atoms with Gasteiger partial charge in [0.25, 0.3) is 11.8 Å². The van der Waals surface area contributed by atoms with Crippen molar-refractivity contribution in [3.63, 3.8) is 0 Å². The van der Waals surface area contributed by atoms with Crippen LogP contribution in [0, 0.1) is 11.6 Å². The molecule has 2 aromatic carbocycles. The van der Waals surface area contributed by atoms with Gasteiger partial charge in [-0.15, -0.1) is 0 Å². The maximum Gasteiger partial charge on any atom is 0.255 e. The Kier molecular flexibility index (Phi) is 5.51. The minimum atomic E-state index is -0.866. The lowest BCUT2D eigenvalue weighted by molar-refractivity contribution is 0.0949. The molecule has 2 N–H and O–H groups in total. The Morgan fingerprint density at radius 1 is 0.852 bits per heavy atom. The van der Waals surface area contributed by atoms with Crippen molar-refractivity contribution in [2.45, 2.75) is 6.54 Å². The molecule has 0 saturated carbocycles. The molecular weight excluding hydrogens is 352 g/mol. The topological polar surface area (TPSA) is 71.1 Å². The first-order chi connectivity index (χ1) is 13.0. The average Bonchev–Trinajstić information content (AvgIpc) is 2.70. The molecule has 5 nitrogen and oxygen atoms in total. The van der Waals surface area contributed by atoms with E-state index < -0.39 is 23.2 Å². The van der Waals surface area contributed by atoms with Crippen LogP contribution in [-0.2, 0) is 6.54 Å². The smallest absolute Gasteiger partial charge is 0.255 e. The van der Waals surface area contributed by atoms with Crippen LogP contribution in [0.25, 0.3) is 0 Å². The highest BCUT2D eigenvalue weighted by molar-refractivity contribution is 6.05. The molecule has 0 atom stereocenters. The number of nitrogens with one attached hydrogen (secondary N) is 2. The van der Waals surface area contributed by atoms with Gasteiger partial charge in [-0.1, -0.05) is 12.1 Å². The molecule has 0 radical (unpaired) electrons. The predicted molar refractivity (Wildman–Crippen MR) is 96.2 cm³/mol. The number of aromatic nitrogens is 1. The van der Waals surface area contributed by atoms with E-state index in [1.807, 2.05) is 6.07 Å². The van der Waals surface area contributed by atoms with E-state index in [2.05, 4.69) is 15.6 Å². The minimum absolute atomic E-state index is 0.168. The molecule has 0 aliphatic rings. The van der Waals surface area contributed by atoms with E-state index >= 15 is 0 Å². The minimum Gasteiger partial charge on any atom is -0.348 e. The molecule has 0 fully saturated rings. The van der Waals surface area contributed by atoms with Crippen LogP contribution >= 0.6 is 0 Å². The van der Waals surface area contributed by atoms with Gasteiger partial charge >= 0.3 is 0 Å². The van der Waals surface area contributed by atoms with Crippen LogP contribution in [-0.4, -0.2) is 16.8 Å². The van der Waals surface area contributed by atoms with Crippen LogP contribution in [0.3, 0.4) is 0 Å². The predicted octanol–water partition coefficient (Wildman–Crippen LogP) is 3.54. The number of para-hydroxylation sites is 1. The summed E-state index contributed by atoms with van der Waals surface area (Å²) in [5.41, 5.74) is 0.864. The second-order valence-electron chi connectivity index (χ2n) is 5.67. The fraction of sp³-hybridized carbons (Fsp3) is 0.0500. The van der Waals surface area contributed by atoms with Crippen molar-refractivity contribution in [3.8, 4) is 0 Å². The first-order valence-corrected chi connectivity index (χ1v) is 8.07. The van der Waals surface area contributed by atoms with Crippen LogP contribution < -0.4 is 10.6 Å². The lowest BCUT2D eigenvalue weighted by Gasteiger charge is -2.08. The normalized spacial score (nSPS) is 10.3. The SMILES string of the molecule is O=C(NCc1cccnc1)c1ccc(C(=O)Nc2c(F)cccc2F)cc1. The summed E-state index contributed by atoms with van der Waals surface area (Å²) in [6.45, 7) is 0.321. The van der Waals surface area contributed by atoms with E-state index in [0.29, 0.717) is 12.1 Å². The number of amides is 2. The molecular formula is C20H15F2N3O2. The highest BCUT2D eigenvalue weighted by Crippen LogP contribution is 2.19. The van der Waals surface area contributed by atoms with Crippen LogP contribution in [0.2, 0.25) is 0 Å². The fourth-order valence-corrected chi connectivity index (χ4v) is 2.36. The number of hydrogen-bond acceptors (Lipinski definition) is 3. The summed E-state index contributed by atoms with van der Waals surface area (Å²) in [5.74, 6) is -2.73. The highest BCUT2D eigenvalue weighted by atomic mass is 19.1. The van der Waals surface area contributed by atoms with E-state index in [4.69, 9.17) is 0 Å². The lowest BCUT2D eigenvalue weighted by atomic mass is 10.1. The van der Waals surface area contributed by atoms with Gasteiger partial charge in [0.2, 0.25) is 0 Å². The van der Waals surface area contributed by atoms with Crippen LogP contribution in [0.15, 0.2) is 67.0 Å². The summed E-state index contributed by atoms with van der Waals surface area (Å²) >= 11 is 0. The number of carbonyl (C=O) groups excluding carboxylic acids is 2. The van der Waals surface area contributed by atoms with Crippen molar-refractivity contribution in [3.05, 3.63) is 95.3 Å². The largest absolute Gasteiger partial charge is 0.348 e. The van der Waals surface area contributed by atoms with Crippen LogP contribution in [0.5, 0.6) is 0 Å². The molecule has 0 spiro atoms. The maximum absolute atomic E-state index is 13.6. The van der Waals surface area contributed by atoms with Crippen molar-refractivity contribution in [2.24, 2.45) is 0 Å². The average molecular weight is 367 g/mol. The number of halogens is 2. The van der Waals surface area contributed by atoms with Crippen molar-refractivity contribution < 1.29 is 18.4 Å². The number of benzene rings is 2. The van der Waals surface area contributed by atoms with Gasteiger partial charge in [-0.25, -0.2) is 8.78 Å². The second kappa shape index (κ2) is 8.18. The third-order valence-electron chi connectivity index (χ3n) is 3.79. The molecule has 1 aromatic heterocycles. The Labute approximate surface area is 154 Å². The molecule has 27 heavy (non-hydrogen) atoms. The molecule has 7 heteroatoms. The lowest BCUT2D eigenvalue weighted by Crippen LogP contribution is -2.23. The summed E-state index contributed by atoms with van der Waals surface area (Å²) in [5, 5.41) is 4.93. The molecule has 0 saturated heterocycles. The van der Waals surface area contributed by atoms with E-state index in [0.717, 1.165) is 17.7 Å². The molecule has 3 aromatic rings. The highest BCUT2D eigenvalue weighted by Gasteiger charge is 2.14. The standard InChI is InChI=1S/C20H15F2N3O2/c21-16-4-1-5-17(22)18(16)25-20(27)15-8-6-14(7-9-15)19(26)24-12-13-3-2-10-23-11-13/h1-11H,12H2,(H,24,26)(H,25,27). The van der Waals surface area contributed by atoms with Gasteiger partial charge in [0.1, 0.15) is 17.3 Å². The third-order valence-corrected chi connectivity index (χ3v) is 3.79. The Morgan fingerprint density at radius 2 is 1.48 bits per heavy atom. The number of carbonyl (C=O) groups is 2. The Balaban J connectivity index is 1.64. The molecule has 0 unspecified atom stereocenters. The Hall–Kier alpha value is -3.61. The van der Waals surface area contributed by atoms with Gasteiger partial charge in [-0.2, -0.15) is 0 Å². The molecule has 1 heterocycles. The first-order valence-electron chi connectivity index (χ1n) is 8.07. The van der Waals surface area contributed by atoms with Crippen molar-refractivity contribution >= 4 is 17.5 Å². The molecule has 0 aliphatic carbocycles. The zero-order chi connectivity index (χ0) is 19.2.